The van der Waals surface area contributed by atoms with Gasteiger partial charge < -0.3 is 0 Å². The van der Waals surface area contributed by atoms with Crippen molar-refractivity contribution in [3.63, 3.8) is 0 Å². The number of benzene rings is 2. The zero-order valence-corrected chi connectivity index (χ0v) is 12.7. The average Bonchev–Trinajstić information content (AvgIpc) is 2.36. The Labute approximate surface area is 123 Å². The smallest absolute Gasteiger partial charge is 0.136 e. The van der Waals surface area contributed by atoms with Gasteiger partial charge in [-0.1, -0.05) is 45.9 Å². The molecule has 0 atom stereocenters. The van der Waals surface area contributed by atoms with Gasteiger partial charge in [0.05, 0.1) is 5.56 Å². The summed E-state index contributed by atoms with van der Waals surface area (Å²) in [5.41, 5.74) is 2.49. The van der Waals surface area contributed by atoms with Crippen molar-refractivity contribution < 1.29 is 13.2 Å². The van der Waals surface area contributed by atoms with Gasteiger partial charge in [-0.3, -0.25) is 0 Å². The minimum Gasteiger partial charge on any atom is -0.207 e. The minimum atomic E-state index is -0.906. The van der Waals surface area contributed by atoms with Crippen LogP contribution in [0.1, 0.15) is 50.7 Å². The third kappa shape index (κ3) is 3.12. The van der Waals surface area contributed by atoms with E-state index in [0.29, 0.717) is 23.6 Å². The van der Waals surface area contributed by atoms with Crippen LogP contribution >= 0.6 is 0 Å². The number of halogens is 3. The first-order chi connectivity index (χ1) is 9.81. The first kappa shape index (κ1) is 15.6. The topological polar surface area (TPSA) is 0 Å². The van der Waals surface area contributed by atoms with E-state index < -0.39 is 17.5 Å². The van der Waals surface area contributed by atoms with E-state index in [1.54, 1.807) is 12.1 Å². The van der Waals surface area contributed by atoms with Crippen LogP contribution in [0.15, 0.2) is 30.3 Å². The van der Waals surface area contributed by atoms with Crippen molar-refractivity contribution in [3.05, 3.63) is 58.9 Å². The molecule has 0 unspecified atom stereocenters. The first-order valence-corrected chi connectivity index (χ1v) is 7.10. The Hall–Kier alpha value is -1.77. The van der Waals surface area contributed by atoms with Crippen LogP contribution in [0.2, 0.25) is 0 Å². The maximum atomic E-state index is 13.9. The molecular weight excluding hydrogens is 273 g/mol. The minimum absolute atomic E-state index is 0.173. The average molecular weight is 292 g/mol. The van der Waals surface area contributed by atoms with Gasteiger partial charge in [0.15, 0.2) is 0 Å². The quantitative estimate of drug-likeness (QED) is 0.649. The van der Waals surface area contributed by atoms with Crippen molar-refractivity contribution in [2.24, 2.45) is 0 Å². The van der Waals surface area contributed by atoms with Crippen LogP contribution in [-0.4, -0.2) is 0 Å². The third-order valence-electron chi connectivity index (χ3n) is 3.63. The van der Waals surface area contributed by atoms with Crippen LogP contribution in [0, 0.1) is 17.5 Å². The van der Waals surface area contributed by atoms with E-state index in [1.165, 1.54) is 0 Å². The normalized spacial score (nSPS) is 11.5. The SMILES string of the molecule is CC(C)c1ccc(-c2c(F)cc(F)cc2F)cc1C(C)C. The van der Waals surface area contributed by atoms with Gasteiger partial charge in [0.25, 0.3) is 0 Å². The molecule has 0 spiro atoms. The monoisotopic (exact) mass is 292 g/mol. The zero-order valence-electron chi connectivity index (χ0n) is 12.7. The summed E-state index contributed by atoms with van der Waals surface area (Å²) in [6.07, 6.45) is 0. The van der Waals surface area contributed by atoms with E-state index in [4.69, 9.17) is 0 Å². The second-order valence-electron chi connectivity index (χ2n) is 5.90. The molecule has 0 saturated carbocycles. The molecule has 0 nitrogen and oxygen atoms in total. The van der Waals surface area contributed by atoms with Crippen LogP contribution in [0.25, 0.3) is 11.1 Å². The van der Waals surface area contributed by atoms with Gasteiger partial charge in [-0.25, -0.2) is 13.2 Å². The third-order valence-corrected chi connectivity index (χ3v) is 3.63. The maximum Gasteiger partial charge on any atom is 0.136 e. The predicted octanol–water partition coefficient (Wildman–Crippen LogP) is 6.02. The fraction of sp³-hybridized carbons (Fsp3) is 0.333. The largest absolute Gasteiger partial charge is 0.207 e. The number of hydrogen-bond donors (Lipinski definition) is 0. The molecular formula is C18H19F3. The fourth-order valence-electron chi connectivity index (χ4n) is 2.57. The van der Waals surface area contributed by atoms with Gasteiger partial charge in [0, 0.05) is 12.1 Å². The predicted molar refractivity (Wildman–Crippen MR) is 79.9 cm³/mol. The molecule has 112 valence electrons. The molecule has 0 aliphatic rings. The molecule has 2 rings (SSSR count). The van der Waals surface area contributed by atoms with Crippen molar-refractivity contribution in [2.45, 2.75) is 39.5 Å². The Balaban J connectivity index is 2.64. The van der Waals surface area contributed by atoms with Gasteiger partial charge in [-0.05, 0) is 28.5 Å². The number of rotatable bonds is 3. The molecule has 0 saturated heterocycles. The molecule has 0 bridgehead atoms. The van der Waals surface area contributed by atoms with Crippen molar-refractivity contribution in [2.75, 3.05) is 0 Å². The van der Waals surface area contributed by atoms with Crippen molar-refractivity contribution in [1.82, 2.24) is 0 Å². The van der Waals surface area contributed by atoms with E-state index >= 15 is 0 Å². The van der Waals surface area contributed by atoms with Crippen LogP contribution in [-0.2, 0) is 0 Å². The Kier molecular flexibility index (Phi) is 4.40. The standard InChI is InChI=1S/C18H19F3/c1-10(2)14-6-5-12(7-15(14)11(3)4)18-16(20)8-13(19)9-17(18)21/h5-11H,1-4H3. The van der Waals surface area contributed by atoms with Gasteiger partial charge in [0.1, 0.15) is 17.5 Å². The van der Waals surface area contributed by atoms with Crippen LogP contribution in [0.4, 0.5) is 13.2 Å². The molecule has 0 aliphatic carbocycles. The Morgan fingerprint density at radius 1 is 0.714 bits per heavy atom. The molecule has 0 fully saturated rings. The summed E-state index contributed by atoms with van der Waals surface area (Å²) in [7, 11) is 0. The molecule has 0 radical (unpaired) electrons. The Morgan fingerprint density at radius 3 is 1.71 bits per heavy atom. The van der Waals surface area contributed by atoms with Crippen LogP contribution < -0.4 is 0 Å². The molecule has 0 amide bonds. The maximum absolute atomic E-state index is 13.9. The molecule has 2 aromatic rings. The summed E-state index contributed by atoms with van der Waals surface area (Å²) >= 11 is 0. The summed E-state index contributed by atoms with van der Waals surface area (Å²) < 4.78 is 40.8. The first-order valence-electron chi connectivity index (χ1n) is 7.10. The van der Waals surface area contributed by atoms with Crippen molar-refractivity contribution in [3.8, 4) is 11.1 Å². The summed E-state index contributed by atoms with van der Waals surface area (Å²) in [6.45, 7) is 8.25. The van der Waals surface area contributed by atoms with Crippen LogP contribution in [0.3, 0.4) is 0 Å². The van der Waals surface area contributed by atoms with Crippen molar-refractivity contribution >= 4 is 0 Å². The highest BCUT2D eigenvalue weighted by molar-refractivity contribution is 5.66. The lowest BCUT2D eigenvalue weighted by Crippen LogP contribution is -2.00. The van der Waals surface area contributed by atoms with Gasteiger partial charge in [0.2, 0.25) is 0 Å². The molecule has 0 N–H and O–H groups in total. The Morgan fingerprint density at radius 2 is 1.24 bits per heavy atom. The molecule has 0 aromatic heterocycles. The van der Waals surface area contributed by atoms with E-state index in [-0.39, 0.29) is 11.5 Å². The molecule has 2 aromatic carbocycles. The zero-order chi connectivity index (χ0) is 15.7. The summed E-state index contributed by atoms with van der Waals surface area (Å²) in [6, 6.07) is 6.82. The highest BCUT2D eigenvalue weighted by Gasteiger charge is 2.17. The lowest BCUT2D eigenvalue weighted by atomic mass is 9.88. The highest BCUT2D eigenvalue weighted by atomic mass is 19.1. The highest BCUT2D eigenvalue weighted by Crippen LogP contribution is 2.33. The van der Waals surface area contributed by atoms with Gasteiger partial charge in [-0.15, -0.1) is 0 Å². The van der Waals surface area contributed by atoms with Gasteiger partial charge >= 0.3 is 0 Å². The second-order valence-corrected chi connectivity index (χ2v) is 5.90. The molecule has 3 heteroatoms. The lowest BCUT2D eigenvalue weighted by Gasteiger charge is -2.18. The van der Waals surface area contributed by atoms with Crippen LogP contribution in [0.5, 0.6) is 0 Å². The number of hydrogen-bond acceptors (Lipinski definition) is 0. The molecule has 21 heavy (non-hydrogen) atoms. The summed E-state index contributed by atoms with van der Waals surface area (Å²) in [5.74, 6) is -2.08. The fourth-order valence-corrected chi connectivity index (χ4v) is 2.57. The molecule has 0 aliphatic heterocycles. The molecule has 0 heterocycles. The van der Waals surface area contributed by atoms with E-state index in [0.717, 1.165) is 11.1 Å². The summed E-state index contributed by atoms with van der Waals surface area (Å²) in [5, 5.41) is 0. The Bertz CT molecular complexity index is 635. The summed E-state index contributed by atoms with van der Waals surface area (Å²) in [4.78, 5) is 0. The van der Waals surface area contributed by atoms with Gasteiger partial charge in [-0.2, -0.15) is 0 Å². The van der Waals surface area contributed by atoms with Crippen molar-refractivity contribution in [1.29, 1.82) is 0 Å². The second kappa shape index (κ2) is 5.92. The van der Waals surface area contributed by atoms with E-state index in [2.05, 4.69) is 13.8 Å². The van der Waals surface area contributed by atoms with E-state index in [1.807, 2.05) is 19.9 Å². The van der Waals surface area contributed by atoms with E-state index in [9.17, 15) is 13.2 Å². The lowest BCUT2D eigenvalue weighted by molar-refractivity contribution is 0.548.